The predicted octanol–water partition coefficient (Wildman–Crippen LogP) is 3.32. The lowest BCUT2D eigenvalue weighted by Crippen LogP contribution is -1.85. The number of hydrogen-bond acceptors (Lipinski definition) is 3. The molecule has 0 saturated heterocycles. The maximum atomic E-state index is 11.1. The van der Waals surface area contributed by atoms with Crippen LogP contribution in [0.5, 0.6) is 5.75 Å². The topological polar surface area (TPSA) is 37.3 Å². The van der Waals surface area contributed by atoms with Gasteiger partial charge in [-0.25, -0.2) is 0 Å². The maximum absolute atomic E-state index is 11.1. The van der Waals surface area contributed by atoms with Gasteiger partial charge in [-0.15, -0.1) is 11.3 Å². The van der Waals surface area contributed by atoms with Crippen LogP contribution < -0.4 is 0 Å². The number of ketones is 1. The van der Waals surface area contributed by atoms with Crippen molar-refractivity contribution in [1.29, 1.82) is 0 Å². The molecule has 0 bridgehead atoms. The Bertz CT molecular complexity index is 483. The van der Waals surface area contributed by atoms with E-state index in [1.807, 2.05) is 23.6 Å². The van der Waals surface area contributed by atoms with Crippen LogP contribution in [0.3, 0.4) is 0 Å². The zero-order valence-corrected chi connectivity index (χ0v) is 9.04. The zero-order valence-electron chi connectivity index (χ0n) is 8.23. The number of phenolic OH excluding ortho intramolecular Hbond substituents is 1. The molecule has 2 rings (SSSR count). The molecule has 76 valence electrons. The molecule has 1 aromatic heterocycles. The number of Topliss-reactive ketones (excluding diaryl/α,β-unsaturated/α-hetero) is 1. The van der Waals surface area contributed by atoms with Crippen molar-refractivity contribution in [3.05, 3.63) is 41.3 Å². The molecule has 1 heterocycles. The summed E-state index contributed by atoms with van der Waals surface area (Å²) in [7, 11) is 0. The highest BCUT2D eigenvalue weighted by Gasteiger charge is 2.05. The normalized spacial score (nSPS) is 10.2. The van der Waals surface area contributed by atoms with E-state index >= 15 is 0 Å². The van der Waals surface area contributed by atoms with Gasteiger partial charge in [0.05, 0.1) is 0 Å². The summed E-state index contributed by atoms with van der Waals surface area (Å²) in [4.78, 5) is 12.2. The summed E-state index contributed by atoms with van der Waals surface area (Å²) in [5.41, 5.74) is 1.76. The smallest absolute Gasteiger partial charge is 0.160 e. The van der Waals surface area contributed by atoms with E-state index in [9.17, 15) is 4.79 Å². The molecule has 0 aliphatic rings. The first-order chi connectivity index (χ1) is 7.16. The van der Waals surface area contributed by atoms with Crippen molar-refractivity contribution in [3.8, 4) is 16.2 Å². The van der Waals surface area contributed by atoms with Crippen molar-refractivity contribution in [2.75, 3.05) is 0 Å². The third-order valence-electron chi connectivity index (χ3n) is 2.16. The molecule has 0 spiro atoms. The quantitative estimate of drug-likeness (QED) is 0.785. The summed E-state index contributed by atoms with van der Waals surface area (Å²) in [5, 5.41) is 11.0. The number of benzene rings is 1. The molecule has 0 radical (unpaired) electrons. The van der Waals surface area contributed by atoms with Gasteiger partial charge >= 0.3 is 0 Å². The fourth-order valence-electron chi connectivity index (χ4n) is 1.30. The molecule has 0 fully saturated rings. The average molecular weight is 218 g/mol. The molecule has 0 aliphatic heterocycles. The van der Waals surface area contributed by atoms with Crippen LogP contribution in [0.2, 0.25) is 0 Å². The molecule has 1 N–H and O–H groups in total. The van der Waals surface area contributed by atoms with Crippen molar-refractivity contribution in [3.63, 3.8) is 0 Å². The minimum absolute atomic E-state index is 0.0799. The Hall–Kier alpha value is -1.61. The first-order valence-electron chi connectivity index (χ1n) is 4.55. The molecule has 3 heteroatoms. The second-order valence-corrected chi connectivity index (χ2v) is 4.21. The number of carbonyl (C=O) groups excluding carboxylic acids is 1. The summed E-state index contributed by atoms with van der Waals surface area (Å²) in [6.07, 6.45) is 0. The van der Waals surface area contributed by atoms with E-state index in [4.69, 9.17) is 5.11 Å². The number of phenols is 1. The van der Waals surface area contributed by atoms with E-state index in [1.165, 1.54) is 11.3 Å². The molecule has 0 saturated carbocycles. The van der Waals surface area contributed by atoms with Gasteiger partial charge in [0.15, 0.2) is 5.78 Å². The highest BCUT2D eigenvalue weighted by molar-refractivity contribution is 7.13. The Labute approximate surface area is 91.8 Å². The van der Waals surface area contributed by atoms with Gasteiger partial charge in [-0.3, -0.25) is 4.79 Å². The van der Waals surface area contributed by atoms with Crippen LogP contribution in [-0.2, 0) is 0 Å². The van der Waals surface area contributed by atoms with Gasteiger partial charge in [-0.05, 0) is 42.8 Å². The number of carbonyl (C=O) groups is 1. The van der Waals surface area contributed by atoms with Crippen LogP contribution in [0, 0.1) is 0 Å². The van der Waals surface area contributed by atoms with E-state index in [0.717, 1.165) is 16.0 Å². The standard InChI is InChI=1S/C12H10O2S/c1-8(13)10-6-12(15-7-10)9-2-4-11(14)5-3-9/h2-7,14H,1H3. The molecular weight excluding hydrogens is 208 g/mol. The number of aromatic hydroxyl groups is 1. The molecule has 15 heavy (non-hydrogen) atoms. The molecule has 0 atom stereocenters. The number of rotatable bonds is 2. The summed E-state index contributed by atoms with van der Waals surface area (Å²) >= 11 is 1.53. The Kier molecular flexibility index (Phi) is 2.56. The predicted molar refractivity (Wildman–Crippen MR) is 61.4 cm³/mol. The van der Waals surface area contributed by atoms with Gasteiger partial charge in [0, 0.05) is 15.8 Å². The van der Waals surface area contributed by atoms with E-state index < -0.39 is 0 Å². The van der Waals surface area contributed by atoms with Gasteiger partial charge < -0.3 is 5.11 Å². The number of thiophene rings is 1. The van der Waals surface area contributed by atoms with Crippen LogP contribution in [0.25, 0.3) is 10.4 Å². The maximum Gasteiger partial charge on any atom is 0.160 e. The third-order valence-corrected chi connectivity index (χ3v) is 3.14. The highest BCUT2D eigenvalue weighted by Crippen LogP contribution is 2.28. The van der Waals surface area contributed by atoms with Gasteiger partial charge in [0.1, 0.15) is 5.75 Å². The Morgan fingerprint density at radius 1 is 1.27 bits per heavy atom. The fraction of sp³-hybridized carbons (Fsp3) is 0.0833. The summed E-state index contributed by atoms with van der Waals surface area (Å²) < 4.78 is 0. The largest absolute Gasteiger partial charge is 0.508 e. The van der Waals surface area contributed by atoms with Gasteiger partial charge in [0.2, 0.25) is 0 Å². The minimum atomic E-state index is 0.0799. The second kappa shape index (κ2) is 3.87. The Morgan fingerprint density at radius 2 is 1.93 bits per heavy atom. The summed E-state index contributed by atoms with van der Waals surface area (Å²) in [6, 6.07) is 8.83. The van der Waals surface area contributed by atoms with Crippen molar-refractivity contribution in [2.45, 2.75) is 6.92 Å². The SMILES string of the molecule is CC(=O)c1csc(-c2ccc(O)cc2)c1. The lowest BCUT2D eigenvalue weighted by Gasteiger charge is -1.96. The second-order valence-electron chi connectivity index (χ2n) is 3.30. The first kappa shape index (κ1) is 9.93. The minimum Gasteiger partial charge on any atom is -0.508 e. The zero-order chi connectivity index (χ0) is 10.8. The average Bonchev–Trinajstić information content (AvgIpc) is 2.68. The van der Waals surface area contributed by atoms with Gasteiger partial charge in [0.25, 0.3) is 0 Å². The van der Waals surface area contributed by atoms with E-state index in [2.05, 4.69) is 0 Å². The van der Waals surface area contributed by atoms with Crippen molar-refractivity contribution in [1.82, 2.24) is 0 Å². The van der Waals surface area contributed by atoms with Crippen LogP contribution >= 0.6 is 11.3 Å². The van der Waals surface area contributed by atoms with Gasteiger partial charge in [-0.1, -0.05) is 0 Å². The third kappa shape index (κ3) is 2.07. The van der Waals surface area contributed by atoms with Gasteiger partial charge in [-0.2, -0.15) is 0 Å². The molecular formula is C12H10O2S. The van der Waals surface area contributed by atoms with Crippen molar-refractivity contribution < 1.29 is 9.90 Å². The first-order valence-corrected chi connectivity index (χ1v) is 5.43. The summed E-state index contributed by atoms with van der Waals surface area (Å²) in [5.74, 6) is 0.332. The van der Waals surface area contributed by atoms with Crippen LogP contribution in [0.15, 0.2) is 35.7 Å². The lowest BCUT2D eigenvalue weighted by molar-refractivity contribution is 0.101. The molecule has 0 unspecified atom stereocenters. The molecule has 2 aromatic rings. The monoisotopic (exact) mass is 218 g/mol. The van der Waals surface area contributed by atoms with E-state index in [0.29, 0.717) is 0 Å². The molecule has 0 amide bonds. The Morgan fingerprint density at radius 3 is 2.47 bits per heavy atom. The summed E-state index contributed by atoms with van der Waals surface area (Å²) in [6.45, 7) is 1.56. The van der Waals surface area contributed by atoms with Crippen molar-refractivity contribution in [2.24, 2.45) is 0 Å². The van der Waals surface area contributed by atoms with Crippen LogP contribution in [-0.4, -0.2) is 10.9 Å². The number of hydrogen-bond donors (Lipinski definition) is 1. The van der Waals surface area contributed by atoms with Crippen molar-refractivity contribution >= 4 is 17.1 Å². The molecule has 1 aromatic carbocycles. The highest BCUT2D eigenvalue weighted by atomic mass is 32.1. The van der Waals surface area contributed by atoms with Crippen LogP contribution in [0.4, 0.5) is 0 Å². The van der Waals surface area contributed by atoms with E-state index in [1.54, 1.807) is 19.1 Å². The molecule has 2 nitrogen and oxygen atoms in total. The van der Waals surface area contributed by atoms with E-state index in [-0.39, 0.29) is 11.5 Å². The fourth-order valence-corrected chi connectivity index (χ4v) is 2.25. The lowest BCUT2D eigenvalue weighted by atomic mass is 10.1. The Balaban J connectivity index is 2.37. The molecule has 0 aliphatic carbocycles. The van der Waals surface area contributed by atoms with Crippen LogP contribution in [0.1, 0.15) is 17.3 Å².